The maximum Gasteiger partial charge on any atom is 0.336 e. The number of ether oxygens (including phenoxy) is 1. The zero-order valence-corrected chi connectivity index (χ0v) is 11.3. The first-order chi connectivity index (χ1) is 10.1. The van der Waals surface area contributed by atoms with Crippen molar-refractivity contribution in [3.05, 3.63) is 65.0 Å². The minimum absolute atomic E-state index is 0.350. The zero-order chi connectivity index (χ0) is 14.8. The van der Waals surface area contributed by atoms with E-state index in [-0.39, 0.29) is 0 Å². The van der Waals surface area contributed by atoms with Crippen molar-refractivity contribution in [2.75, 3.05) is 0 Å². The normalized spacial score (nSPS) is 10.5. The average molecular weight is 280 g/mol. The summed E-state index contributed by atoms with van der Waals surface area (Å²) in [6.07, 6.45) is 0. The van der Waals surface area contributed by atoms with E-state index in [0.717, 1.165) is 16.5 Å². The SMILES string of the molecule is CC(=O)Oc1ccc2c(-c3ccccc3)cc(=O)oc2c1. The Morgan fingerprint density at radius 3 is 2.52 bits per heavy atom. The van der Waals surface area contributed by atoms with Gasteiger partial charge in [-0.3, -0.25) is 4.79 Å². The number of carbonyl (C=O) groups excluding carboxylic acids is 1. The molecule has 4 nitrogen and oxygen atoms in total. The molecule has 0 fully saturated rings. The summed E-state index contributed by atoms with van der Waals surface area (Å²) in [4.78, 5) is 22.7. The summed E-state index contributed by atoms with van der Waals surface area (Å²) in [5.41, 5.74) is 1.66. The Labute approximate surface area is 120 Å². The van der Waals surface area contributed by atoms with Gasteiger partial charge in [-0.25, -0.2) is 4.79 Å². The number of fused-ring (bicyclic) bond motifs is 1. The fourth-order valence-electron chi connectivity index (χ4n) is 2.23. The third-order valence-corrected chi connectivity index (χ3v) is 3.06. The number of carbonyl (C=O) groups is 1. The first kappa shape index (κ1) is 13.1. The van der Waals surface area contributed by atoms with Gasteiger partial charge in [-0.2, -0.15) is 0 Å². The number of rotatable bonds is 2. The van der Waals surface area contributed by atoms with E-state index in [4.69, 9.17) is 9.15 Å². The summed E-state index contributed by atoms with van der Waals surface area (Å²) in [6.45, 7) is 1.32. The molecule has 0 amide bonds. The van der Waals surface area contributed by atoms with E-state index in [2.05, 4.69) is 0 Å². The Morgan fingerprint density at radius 2 is 1.81 bits per heavy atom. The molecule has 0 bridgehead atoms. The monoisotopic (exact) mass is 280 g/mol. The largest absolute Gasteiger partial charge is 0.427 e. The van der Waals surface area contributed by atoms with Gasteiger partial charge in [0.2, 0.25) is 0 Å². The number of benzene rings is 2. The van der Waals surface area contributed by atoms with Crippen LogP contribution in [-0.4, -0.2) is 5.97 Å². The molecule has 0 saturated heterocycles. The highest BCUT2D eigenvalue weighted by Crippen LogP contribution is 2.29. The van der Waals surface area contributed by atoms with E-state index in [1.807, 2.05) is 30.3 Å². The lowest BCUT2D eigenvalue weighted by Gasteiger charge is -2.07. The maximum atomic E-state index is 11.7. The number of hydrogen-bond acceptors (Lipinski definition) is 4. The lowest BCUT2D eigenvalue weighted by atomic mass is 10.0. The minimum Gasteiger partial charge on any atom is -0.427 e. The number of esters is 1. The third kappa shape index (κ3) is 2.69. The first-order valence-corrected chi connectivity index (χ1v) is 6.45. The minimum atomic E-state index is -0.443. The predicted molar refractivity (Wildman–Crippen MR) is 79.2 cm³/mol. The van der Waals surface area contributed by atoms with E-state index in [1.54, 1.807) is 18.2 Å². The summed E-state index contributed by atoms with van der Waals surface area (Å²) in [7, 11) is 0. The van der Waals surface area contributed by atoms with Gasteiger partial charge in [0, 0.05) is 24.4 Å². The van der Waals surface area contributed by atoms with E-state index in [9.17, 15) is 9.59 Å². The molecule has 0 radical (unpaired) electrons. The highest BCUT2D eigenvalue weighted by molar-refractivity contribution is 5.94. The molecule has 1 heterocycles. The molecule has 0 aliphatic heterocycles. The Balaban J connectivity index is 2.22. The Bertz CT molecular complexity index is 863. The molecule has 3 rings (SSSR count). The molecule has 21 heavy (non-hydrogen) atoms. The van der Waals surface area contributed by atoms with Crippen molar-refractivity contribution in [2.24, 2.45) is 0 Å². The molecular weight excluding hydrogens is 268 g/mol. The molecule has 0 atom stereocenters. The Hall–Kier alpha value is -2.88. The van der Waals surface area contributed by atoms with Crippen molar-refractivity contribution < 1.29 is 13.9 Å². The quantitative estimate of drug-likeness (QED) is 0.410. The van der Waals surface area contributed by atoms with Gasteiger partial charge < -0.3 is 9.15 Å². The molecule has 0 aliphatic carbocycles. The van der Waals surface area contributed by atoms with Crippen molar-refractivity contribution in [3.63, 3.8) is 0 Å². The standard InChI is InChI=1S/C17H12O4/c1-11(18)20-13-7-8-14-15(12-5-3-2-4-6-12)10-17(19)21-16(14)9-13/h2-10H,1H3. The molecule has 1 aromatic heterocycles. The van der Waals surface area contributed by atoms with Crippen molar-refractivity contribution in [1.29, 1.82) is 0 Å². The summed E-state index contributed by atoms with van der Waals surface area (Å²) in [5.74, 6) is -0.0701. The van der Waals surface area contributed by atoms with Crippen LogP contribution in [0.3, 0.4) is 0 Å². The van der Waals surface area contributed by atoms with Gasteiger partial charge in [-0.1, -0.05) is 30.3 Å². The molecule has 0 aliphatic rings. The van der Waals surface area contributed by atoms with Crippen LogP contribution in [0, 0.1) is 0 Å². The van der Waals surface area contributed by atoms with Crippen LogP contribution in [0.4, 0.5) is 0 Å². The second-order valence-electron chi connectivity index (χ2n) is 4.60. The van der Waals surface area contributed by atoms with E-state index in [0.29, 0.717) is 11.3 Å². The van der Waals surface area contributed by atoms with Crippen LogP contribution < -0.4 is 10.4 Å². The Morgan fingerprint density at radius 1 is 1.05 bits per heavy atom. The summed E-state index contributed by atoms with van der Waals surface area (Å²) in [5, 5.41) is 0.789. The van der Waals surface area contributed by atoms with Crippen molar-refractivity contribution >= 4 is 16.9 Å². The smallest absolute Gasteiger partial charge is 0.336 e. The molecular formula is C17H12O4. The molecule has 3 aromatic rings. The molecule has 4 heteroatoms. The van der Waals surface area contributed by atoms with E-state index in [1.165, 1.54) is 13.0 Å². The van der Waals surface area contributed by atoms with Crippen LogP contribution in [0.1, 0.15) is 6.92 Å². The van der Waals surface area contributed by atoms with Crippen LogP contribution >= 0.6 is 0 Å². The van der Waals surface area contributed by atoms with Crippen molar-refractivity contribution in [1.82, 2.24) is 0 Å². The van der Waals surface area contributed by atoms with Gasteiger partial charge >= 0.3 is 11.6 Å². The van der Waals surface area contributed by atoms with Crippen LogP contribution in [0.5, 0.6) is 5.75 Å². The zero-order valence-electron chi connectivity index (χ0n) is 11.3. The molecule has 2 aromatic carbocycles. The lowest BCUT2D eigenvalue weighted by Crippen LogP contribution is -2.02. The molecule has 0 spiro atoms. The first-order valence-electron chi connectivity index (χ1n) is 6.45. The van der Waals surface area contributed by atoms with Gasteiger partial charge in [-0.05, 0) is 23.3 Å². The van der Waals surface area contributed by atoms with Gasteiger partial charge in [0.05, 0.1) is 0 Å². The van der Waals surface area contributed by atoms with Gasteiger partial charge in [0.1, 0.15) is 11.3 Å². The Kier molecular flexibility index (Phi) is 3.28. The van der Waals surface area contributed by atoms with Crippen LogP contribution in [0.2, 0.25) is 0 Å². The molecule has 0 unspecified atom stereocenters. The molecule has 104 valence electrons. The number of hydrogen-bond donors (Lipinski definition) is 0. The summed E-state index contributed by atoms with van der Waals surface area (Å²) in [6, 6.07) is 16.0. The second-order valence-corrected chi connectivity index (χ2v) is 4.60. The topological polar surface area (TPSA) is 56.5 Å². The maximum absolute atomic E-state index is 11.7. The van der Waals surface area contributed by atoms with Crippen LogP contribution in [0.15, 0.2) is 63.8 Å². The van der Waals surface area contributed by atoms with Gasteiger partial charge in [0.25, 0.3) is 0 Å². The molecule has 0 saturated carbocycles. The predicted octanol–water partition coefficient (Wildman–Crippen LogP) is 3.39. The highest BCUT2D eigenvalue weighted by Gasteiger charge is 2.09. The third-order valence-electron chi connectivity index (χ3n) is 3.06. The van der Waals surface area contributed by atoms with Gasteiger partial charge in [0.15, 0.2) is 0 Å². The van der Waals surface area contributed by atoms with E-state index >= 15 is 0 Å². The fourth-order valence-corrected chi connectivity index (χ4v) is 2.23. The summed E-state index contributed by atoms with van der Waals surface area (Å²) >= 11 is 0. The average Bonchev–Trinajstić information content (AvgIpc) is 2.46. The molecule has 0 N–H and O–H groups in total. The van der Waals surface area contributed by atoms with E-state index < -0.39 is 11.6 Å². The fraction of sp³-hybridized carbons (Fsp3) is 0.0588. The van der Waals surface area contributed by atoms with Crippen molar-refractivity contribution in [2.45, 2.75) is 6.92 Å². The van der Waals surface area contributed by atoms with Crippen LogP contribution in [-0.2, 0) is 4.79 Å². The van der Waals surface area contributed by atoms with Crippen LogP contribution in [0.25, 0.3) is 22.1 Å². The van der Waals surface area contributed by atoms with Gasteiger partial charge in [-0.15, -0.1) is 0 Å². The lowest BCUT2D eigenvalue weighted by molar-refractivity contribution is -0.131. The second kappa shape index (κ2) is 5.25. The van der Waals surface area contributed by atoms with Crippen molar-refractivity contribution in [3.8, 4) is 16.9 Å². The summed E-state index contributed by atoms with van der Waals surface area (Å²) < 4.78 is 10.2. The highest BCUT2D eigenvalue weighted by atomic mass is 16.5.